The molecule has 0 N–H and O–H groups in total. The predicted octanol–water partition coefficient (Wildman–Crippen LogP) is 10.1. The zero-order chi connectivity index (χ0) is 28.2. The third kappa shape index (κ3) is 6.05. The Hall–Kier alpha value is -1.77. The van der Waals surface area contributed by atoms with Crippen LogP contribution in [0.15, 0.2) is 42.0 Å². The largest absolute Gasteiger partial charge is 0.479 e. The lowest BCUT2D eigenvalue weighted by Gasteiger charge is -2.58. The highest BCUT2D eigenvalue weighted by atomic mass is 16.6. The van der Waals surface area contributed by atoms with Crippen LogP contribution >= 0.6 is 0 Å². The number of hydrogen-bond acceptors (Lipinski definition) is 3. The van der Waals surface area contributed by atoms with Crippen LogP contribution in [0.2, 0.25) is 0 Å². The van der Waals surface area contributed by atoms with E-state index in [4.69, 9.17) is 9.47 Å². The number of rotatable bonds is 12. The molecule has 0 spiro atoms. The molecule has 222 valence electrons. The van der Waals surface area contributed by atoms with Crippen molar-refractivity contribution in [1.29, 1.82) is 0 Å². The number of carbonyl (C=O) groups is 1. The number of fused-ring (bicyclic) bond motifs is 5. The van der Waals surface area contributed by atoms with Gasteiger partial charge >= 0.3 is 5.97 Å². The first kappa shape index (κ1) is 29.7. The fourth-order valence-electron chi connectivity index (χ4n) is 9.68. The average molecular weight is 549 g/mol. The summed E-state index contributed by atoms with van der Waals surface area (Å²) in [5.74, 6) is 4.04. The predicted molar refractivity (Wildman–Crippen MR) is 164 cm³/mol. The van der Waals surface area contributed by atoms with Gasteiger partial charge in [0.25, 0.3) is 0 Å². The van der Waals surface area contributed by atoms with Gasteiger partial charge in [-0.25, -0.2) is 4.79 Å². The molecule has 3 heteroatoms. The van der Waals surface area contributed by atoms with Crippen molar-refractivity contribution < 1.29 is 14.3 Å². The molecule has 0 heterocycles. The van der Waals surface area contributed by atoms with Crippen molar-refractivity contribution in [2.24, 2.45) is 34.5 Å². The number of benzene rings is 1. The maximum atomic E-state index is 13.1. The van der Waals surface area contributed by atoms with Gasteiger partial charge in [-0.15, -0.1) is 0 Å². The molecule has 4 aliphatic carbocycles. The van der Waals surface area contributed by atoms with Crippen LogP contribution in [-0.4, -0.2) is 18.2 Å². The normalized spacial score (nSPS) is 35.6. The number of para-hydroxylation sites is 1. The zero-order valence-electron chi connectivity index (χ0n) is 26.0. The van der Waals surface area contributed by atoms with Gasteiger partial charge in [0.05, 0.1) is 0 Å². The molecule has 3 saturated carbocycles. The van der Waals surface area contributed by atoms with Crippen LogP contribution in [-0.2, 0) is 9.53 Å². The van der Waals surface area contributed by atoms with E-state index >= 15 is 0 Å². The lowest BCUT2D eigenvalue weighted by atomic mass is 9.47. The maximum Gasteiger partial charge on any atom is 0.347 e. The first-order valence-corrected chi connectivity index (χ1v) is 17.0. The Balaban J connectivity index is 1.17. The van der Waals surface area contributed by atoms with E-state index < -0.39 is 6.10 Å². The Morgan fingerprint density at radius 1 is 0.925 bits per heavy atom. The Kier molecular flexibility index (Phi) is 9.68. The second-order valence-corrected chi connectivity index (χ2v) is 14.3. The van der Waals surface area contributed by atoms with Crippen molar-refractivity contribution in [2.45, 2.75) is 143 Å². The molecule has 0 radical (unpaired) electrons. The number of esters is 1. The SMILES string of the molecule is CCCCCCCC[C@H]1CC[C@H]2[C@H]3CC=C4C[C@@H](OC(=O)[C@@H](CC)Oc5ccccc5)CC[C@]4(C)[C@H]3CC[C@]12C. The van der Waals surface area contributed by atoms with E-state index in [0.717, 1.165) is 48.7 Å². The number of unbranched alkanes of at least 4 members (excludes halogenated alkanes) is 5. The summed E-state index contributed by atoms with van der Waals surface area (Å²) in [5, 5.41) is 0. The highest BCUT2D eigenvalue weighted by Gasteiger charge is 2.58. The Bertz CT molecular complexity index is 1000. The van der Waals surface area contributed by atoms with Gasteiger partial charge in [0.2, 0.25) is 0 Å². The minimum atomic E-state index is -0.539. The molecule has 8 atom stereocenters. The van der Waals surface area contributed by atoms with Gasteiger partial charge in [-0.3, -0.25) is 0 Å². The highest BCUT2D eigenvalue weighted by Crippen LogP contribution is 2.66. The minimum Gasteiger partial charge on any atom is -0.479 e. The summed E-state index contributed by atoms with van der Waals surface area (Å²) in [6, 6.07) is 9.64. The molecule has 5 rings (SSSR count). The smallest absolute Gasteiger partial charge is 0.347 e. The molecule has 4 aliphatic rings. The average Bonchev–Trinajstić information content (AvgIpc) is 3.30. The second-order valence-electron chi connectivity index (χ2n) is 14.3. The van der Waals surface area contributed by atoms with Gasteiger partial charge in [-0.1, -0.05) is 96.1 Å². The van der Waals surface area contributed by atoms with Gasteiger partial charge in [-0.05, 0) is 104 Å². The molecule has 3 nitrogen and oxygen atoms in total. The highest BCUT2D eigenvalue weighted by molar-refractivity contribution is 5.75. The summed E-state index contributed by atoms with van der Waals surface area (Å²) >= 11 is 0. The van der Waals surface area contributed by atoms with Crippen LogP contribution in [0.1, 0.15) is 130 Å². The summed E-state index contributed by atoms with van der Waals surface area (Å²) in [6.07, 6.45) is 22.7. The lowest BCUT2D eigenvalue weighted by Crippen LogP contribution is -2.50. The summed E-state index contributed by atoms with van der Waals surface area (Å²) in [5.41, 5.74) is 2.43. The molecule has 40 heavy (non-hydrogen) atoms. The Morgan fingerprint density at radius 3 is 2.48 bits per heavy atom. The summed E-state index contributed by atoms with van der Waals surface area (Å²) in [6.45, 7) is 9.55. The molecule has 0 unspecified atom stereocenters. The first-order chi connectivity index (χ1) is 19.4. The maximum absolute atomic E-state index is 13.1. The third-order valence-corrected chi connectivity index (χ3v) is 12.1. The van der Waals surface area contributed by atoms with Crippen molar-refractivity contribution in [3.05, 3.63) is 42.0 Å². The molecule has 0 amide bonds. The van der Waals surface area contributed by atoms with Gasteiger partial charge in [-0.2, -0.15) is 0 Å². The Labute approximate surface area is 244 Å². The summed E-state index contributed by atoms with van der Waals surface area (Å²) in [7, 11) is 0. The molecule has 3 fully saturated rings. The summed E-state index contributed by atoms with van der Waals surface area (Å²) in [4.78, 5) is 13.1. The molecular weight excluding hydrogens is 492 g/mol. The van der Waals surface area contributed by atoms with E-state index in [1.54, 1.807) is 5.57 Å². The van der Waals surface area contributed by atoms with E-state index in [0.29, 0.717) is 11.8 Å². The van der Waals surface area contributed by atoms with Crippen molar-refractivity contribution in [3.8, 4) is 5.75 Å². The van der Waals surface area contributed by atoms with Crippen molar-refractivity contribution >= 4 is 5.97 Å². The van der Waals surface area contributed by atoms with E-state index in [1.165, 1.54) is 77.0 Å². The Morgan fingerprint density at radius 2 is 1.70 bits per heavy atom. The zero-order valence-corrected chi connectivity index (χ0v) is 26.0. The molecule has 1 aromatic carbocycles. The fourth-order valence-corrected chi connectivity index (χ4v) is 9.68. The van der Waals surface area contributed by atoms with Gasteiger partial charge in [0, 0.05) is 6.42 Å². The van der Waals surface area contributed by atoms with E-state index in [2.05, 4.69) is 26.8 Å². The molecule has 1 aromatic rings. The fraction of sp³-hybridized carbons (Fsp3) is 0.757. The summed E-state index contributed by atoms with van der Waals surface area (Å²) < 4.78 is 12.1. The van der Waals surface area contributed by atoms with Gasteiger partial charge < -0.3 is 9.47 Å². The second kappa shape index (κ2) is 13.0. The standard InChI is InChI=1S/C37H56O3/c1-5-7-8-9-10-12-15-27-19-21-32-31-20-18-28-26-30(22-24-37(28,4)33(31)23-25-36(27,32)3)40-35(38)34(6-2)39-29-16-13-11-14-17-29/h11,13-14,16-18,27,30-34H,5-10,12,15,19-26H2,1-4H3/t27-,30-,31+,32-,33-,34+,36+,37-/m0/s1. The van der Waals surface area contributed by atoms with Crippen molar-refractivity contribution in [3.63, 3.8) is 0 Å². The topological polar surface area (TPSA) is 35.5 Å². The molecule has 0 saturated heterocycles. The quantitative estimate of drug-likeness (QED) is 0.148. The number of carbonyl (C=O) groups excluding carboxylic acids is 1. The molecule has 0 aromatic heterocycles. The van der Waals surface area contributed by atoms with Crippen LogP contribution in [0.5, 0.6) is 5.75 Å². The number of hydrogen-bond donors (Lipinski definition) is 0. The molecular formula is C37H56O3. The van der Waals surface area contributed by atoms with Gasteiger partial charge in [0.15, 0.2) is 6.10 Å². The minimum absolute atomic E-state index is 0.0150. The van der Waals surface area contributed by atoms with Crippen LogP contribution in [0.4, 0.5) is 0 Å². The van der Waals surface area contributed by atoms with E-state index in [1.807, 2.05) is 37.3 Å². The van der Waals surface area contributed by atoms with E-state index in [9.17, 15) is 4.79 Å². The number of allylic oxidation sites excluding steroid dienone is 1. The lowest BCUT2D eigenvalue weighted by molar-refractivity contribution is -0.160. The molecule has 0 aliphatic heterocycles. The van der Waals surface area contributed by atoms with E-state index in [-0.39, 0.29) is 17.5 Å². The van der Waals surface area contributed by atoms with Crippen LogP contribution < -0.4 is 4.74 Å². The van der Waals surface area contributed by atoms with Crippen LogP contribution in [0, 0.1) is 34.5 Å². The van der Waals surface area contributed by atoms with Crippen molar-refractivity contribution in [1.82, 2.24) is 0 Å². The van der Waals surface area contributed by atoms with Crippen LogP contribution in [0.25, 0.3) is 0 Å². The van der Waals surface area contributed by atoms with Crippen molar-refractivity contribution in [2.75, 3.05) is 0 Å². The first-order valence-electron chi connectivity index (χ1n) is 17.0. The monoisotopic (exact) mass is 548 g/mol. The van der Waals surface area contributed by atoms with Gasteiger partial charge in [0.1, 0.15) is 11.9 Å². The molecule has 0 bridgehead atoms. The third-order valence-electron chi connectivity index (χ3n) is 12.1. The van der Waals surface area contributed by atoms with Crippen LogP contribution in [0.3, 0.4) is 0 Å². The number of ether oxygens (including phenoxy) is 2.